The van der Waals surface area contributed by atoms with Gasteiger partial charge in [-0.3, -0.25) is 14.4 Å². The largest absolute Gasteiger partial charge is 0.464 e. The first-order valence-corrected chi connectivity index (χ1v) is 11.2. The molecule has 0 bridgehead atoms. The van der Waals surface area contributed by atoms with Gasteiger partial charge in [0.2, 0.25) is 0 Å². The molecule has 1 N–H and O–H groups in total. The van der Waals surface area contributed by atoms with Crippen molar-refractivity contribution in [3.05, 3.63) is 78.1 Å². The SMILES string of the molecule is CCN(CC)C(=O)c1ccc(NC(=O)COC(=O)Cc2coc3ccc4ccccc4c23)cc1. The minimum atomic E-state index is -0.522. The Morgan fingerprint density at radius 1 is 0.941 bits per heavy atom. The number of hydrogen-bond acceptors (Lipinski definition) is 5. The number of fused-ring (bicyclic) bond motifs is 3. The van der Waals surface area contributed by atoms with Gasteiger partial charge in [0.1, 0.15) is 5.58 Å². The van der Waals surface area contributed by atoms with Gasteiger partial charge in [-0.1, -0.05) is 30.3 Å². The fourth-order valence-electron chi connectivity index (χ4n) is 3.94. The average molecular weight is 459 g/mol. The highest BCUT2D eigenvalue weighted by molar-refractivity contribution is 6.08. The van der Waals surface area contributed by atoms with Gasteiger partial charge in [-0.15, -0.1) is 0 Å². The summed E-state index contributed by atoms with van der Waals surface area (Å²) in [5.74, 6) is -1.04. The summed E-state index contributed by atoms with van der Waals surface area (Å²) in [4.78, 5) is 38.7. The van der Waals surface area contributed by atoms with E-state index in [9.17, 15) is 14.4 Å². The van der Waals surface area contributed by atoms with Crippen LogP contribution in [0.3, 0.4) is 0 Å². The molecule has 0 fully saturated rings. The second-order valence-electron chi connectivity index (χ2n) is 7.86. The Hall–Kier alpha value is -4.13. The topological polar surface area (TPSA) is 88.9 Å². The second kappa shape index (κ2) is 10.2. The van der Waals surface area contributed by atoms with E-state index in [0.29, 0.717) is 35.5 Å². The number of benzene rings is 3. The van der Waals surface area contributed by atoms with E-state index in [4.69, 9.17) is 9.15 Å². The predicted octanol–water partition coefficient (Wildman–Crippen LogP) is 4.79. The Morgan fingerprint density at radius 3 is 2.41 bits per heavy atom. The molecule has 0 aliphatic heterocycles. The first kappa shape index (κ1) is 23.0. The number of furan rings is 1. The number of carbonyl (C=O) groups excluding carboxylic acids is 3. The Balaban J connectivity index is 1.34. The Bertz CT molecular complexity index is 1340. The summed E-state index contributed by atoms with van der Waals surface area (Å²) >= 11 is 0. The standard InChI is InChI=1S/C27H26N2O5/c1-3-29(4-2)27(32)19-9-12-21(13-10-19)28-24(30)17-34-25(31)15-20-16-33-23-14-11-18-7-5-6-8-22(18)26(20)23/h5-14,16H,3-4,15,17H2,1-2H3,(H,28,30). The van der Waals surface area contributed by atoms with Crippen molar-refractivity contribution in [2.24, 2.45) is 0 Å². The van der Waals surface area contributed by atoms with Gasteiger partial charge in [0.15, 0.2) is 6.61 Å². The lowest BCUT2D eigenvalue weighted by molar-refractivity contribution is -0.146. The fraction of sp³-hybridized carbons (Fsp3) is 0.222. The summed E-state index contributed by atoms with van der Waals surface area (Å²) in [6, 6.07) is 18.4. The molecule has 0 saturated carbocycles. The number of nitrogens with one attached hydrogen (secondary N) is 1. The maximum atomic E-state index is 12.4. The first-order chi connectivity index (χ1) is 16.5. The molecule has 2 amide bonds. The van der Waals surface area contributed by atoms with Crippen LogP contribution in [0.25, 0.3) is 21.7 Å². The third kappa shape index (κ3) is 4.93. The third-order valence-electron chi connectivity index (χ3n) is 5.71. The van der Waals surface area contributed by atoms with Gasteiger partial charge in [0, 0.05) is 35.3 Å². The predicted molar refractivity (Wildman–Crippen MR) is 131 cm³/mol. The van der Waals surface area contributed by atoms with Crippen molar-refractivity contribution in [2.75, 3.05) is 25.0 Å². The normalized spacial score (nSPS) is 10.9. The van der Waals surface area contributed by atoms with Crippen molar-refractivity contribution in [1.82, 2.24) is 4.90 Å². The van der Waals surface area contributed by atoms with Gasteiger partial charge in [0.25, 0.3) is 11.8 Å². The lowest BCUT2D eigenvalue weighted by Crippen LogP contribution is -2.30. The summed E-state index contributed by atoms with van der Waals surface area (Å²) in [5.41, 5.74) is 2.48. The molecule has 4 aromatic rings. The molecular weight excluding hydrogens is 432 g/mol. The quantitative estimate of drug-likeness (QED) is 0.384. The van der Waals surface area contributed by atoms with Crippen LogP contribution in [0, 0.1) is 0 Å². The van der Waals surface area contributed by atoms with Crippen molar-refractivity contribution < 1.29 is 23.5 Å². The van der Waals surface area contributed by atoms with Crippen LogP contribution in [-0.2, 0) is 20.7 Å². The minimum absolute atomic E-state index is 0.00352. The number of anilines is 1. The maximum absolute atomic E-state index is 12.4. The van der Waals surface area contributed by atoms with Crippen LogP contribution in [0.15, 0.2) is 71.3 Å². The zero-order valence-electron chi connectivity index (χ0n) is 19.2. The van der Waals surface area contributed by atoms with Crippen molar-refractivity contribution >= 4 is 45.2 Å². The van der Waals surface area contributed by atoms with Crippen LogP contribution in [0.1, 0.15) is 29.8 Å². The van der Waals surface area contributed by atoms with Crippen molar-refractivity contribution in [2.45, 2.75) is 20.3 Å². The molecule has 4 rings (SSSR count). The molecule has 0 saturated heterocycles. The Kier molecular flexibility index (Phi) is 6.92. The summed E-state index contributed by atoms with van der Waals surface area (Å²) < 4.78 is 10.8. The molecule has 0 aliphatic rings. The van der Waals surface area contributed by atoms with Gasteiger partial charge >= 0.3 is 5.97 Å². The fourth-order valence-corrected chi connectivity index (χ4v) is 3.94. The van der Waals surface area contributed by atoms with E-state index in [0.717, 1.165) is 16.2 Å². The molecule has 1 aromatic heterocycles. The van der Waals surface area contributed by atoms with Gasteiger partial charge in [-0.25, -0.2) is 0 Å². The lowest BCUT2D eigenvalue weighted by Gasteiger charge is -2.18. The Morgan fingerprint density at radius 2 is 1.68 bits per heavy atom. The highest BCUT2D eigenvalue weighted by Crippen LogP contribution is 2.30. The van der Waals surface area contributed by atoms with E-state index in [1.165, 1.54) is 0 Å². The zero-order chi connectivity index (χ0) is 24.1. The van der Waals surface area contributed by atoms with Crippen LogP contribution in [0.2, 0.25) is 0 Å². The smallest absolute Gasteiger partial charge is 0.310 e. The molecule has 1 heterocycles. The van der Waals surface area contributed by atoms with Crippen LogP contribution in [-0.4, -0.2) is 42.4 Å². The van der Waals surface area contributed by atoms with Crippen LogP contribution >= 0.6 is 0 Å². The molecule has 0 spiro atoms. The third-order valence-corrected chi connectivity index (χ3v) is 5.71. The van der Waals surface area contributed by atoms with Gasteiger partial charge in [0.05, 0.1) is 12.7 Å². The van der Waals surface area contributed by atoms with Crippen molar-refractivity contribution in [3.8, 4) is 0 Å². The molecule has 3 aromatic carbocycles. The molecule has 7 nitrogen and oxygen atoms in total. The molecule has 0 radical (unpaired) electrons. The Labute approximate surface area is 197 Å². The zero-order valence-corrected chi connectivity index (χ0v) is 19.2. The van der Waals surface area contributed by atoms with Crippen molar-refractivity contribution in [3.63, 3.8) is 0 Å². The molecule has 174 valence electrons. The van der Waals surface area contributed by atoms with E-state index in [2.05, 4.69) is 5.32 Å². The molecule has 0 unspecified atom stereocenters. The number of carbonyl (C=O) groups is 3. The number of nitrogens with zero attached hydrogens (tertiary/aromatic N) is 1. The van der Waals surface area contributed by atoms with Crippen LogP contribution in [0.5, 0.6) is 0 Å². The molecular formula is C27H26N2O5. The van der Waals surface area contributed by atoms with E-state index < -0.39 is 18.5 Å². The molecule has 0 atom stereocenters. The number of ether oxygens (including phenoxy) is 1. The highest BCUT2D eigenvalue weighted by atomic mass is 16.5. The first-order valence-electron chi connectivity index (χ1n) is 11.2. The molecule has 7 heteroatoms. The van der Waals surface area contributed by atoms with Gasteiger partial charge < -0.3 is 19.4 Å². The van der Waals surface area contributed by atoms with E-state index in [1.807, 2.05) is 50.2 Å². The minimum Gasteiger partial charge on any atom is -0.464 e. The van der Waals surface area contributed by atoms with E-state index in [1.54, 1.807) is 35.4 Å². The van der Waals surface area contributed by atoms with E-state index >= 15 is 0 Å². The molecule has 34 heavy (non-hydrogen) atoms. The van der Waals surface area contributed by atoms with Crippen LogP contribution in [0.4, 0.5) is 5.69 Å². The number of rotatable bonds is 8. The second-order valence-corrected chi connectivity index (χ2v) is 7.86. The van der Waals surface area contributed by atoms with Crippen LogP contribution < -0.4 is 5.32 Å². The lowest BCUT2D eigenvalue weighted by atomic mass is 10.0. The van der Waals surface area contributed by atoms with E-state index in [-0.39, 0.29) is 12.3 Å². The maximum Gasteiger partial charge on any atom is 0.310 e. The summed E-state index contributed by atoms with van der Waals surface area (Å²) in [7, 11) is 0. The number of hydrogen-bond donors (Lipinski definition) is 1. The van der Waals surface area contributed by atoms with Gasteiger partial charge in [-0.05, 0) is 55.0 Å². The summed E-state index contributed by atoms with van der Waals surface area (Å²) in [6.45, 7) is 4.70. The molecule has 0 aliphatic carbocycles. The monoisotopic (exact) mass is 458 g/mol. The van der Waals surface area contributed by atoms with Crippen molar-refractivity contribution in [1.29, 1.82) is 0 Å². The average Bonchev–Trinajstić information content (AvgIpc) is 3.27. The number of esters is 1. The van der Waals surface area contributed by atoms with Gasteiger partial charge in [-0.2, -0.15) is 0 Å². The summed E-state index contributed by atoms with van der Waals surface area (Å²) in [5, 5.41) is 5.60. The summed E-state index contributed by atoms with van der Waals surface area (Å²) in [6.07, 6.45) is 1.55. The highest BCUT2D eigenvalue weighted by Gasteiger charge is 2.16. The number of amides is 2.